The van der Waals surface area contributed by atoms with Crippen LogP contribution in [0, 0.1) is 0 Å². The molecule has 150 valence electrons. The van der Waals surface area contributed by atoms with Crippen molar-refractivity contribution in [1.82, 2.24) is 10.2 Å². The second-order valence-corrected chi connectivity index (χ2v) is 6.99. The molecule has 1 aromatic carbocycles. The average molecular weight is 388 g/mol. The Hall–Kier alpha value is -2.74. The first kappa shape index (κ1) is 20.0. The minimum atomic E-state index is -0.706. The molecule has 1 fully saturated rings. The van der Waals surface area contributed by atoms with Crippen LogP contribution in [0.15, 0.2) is 18.2 Å². The summed E-state index contributed by atoms with van der Waals surface area (Å²) in [7, 11) is 1.55. The SMILES string of the molecule is COCCCN1C(=O)c2ccc(C(=O)OCC(=O)NC3CCCC3)cc2C1=O. The molecule has 8 nitrogen and oxygen atoms in total. The molecule has 1 aliphatic heterocycles. The molecule has 28 heavy (non-hydrogen) atoms. The van der Waals surface area contributed by atoms with Crippen LogP contribution in [0.5, 0.6) is 0 Å². The molecule has 0 unspecified atom stereocenters. The van der Waals surface area contributed by atoms with Crippen LogP contribution in [0.3, 0.4) is 0 Å². The first-order chi connectivity index (χ1) is 13.5. The van der Waals surface area contributed by atoms with Crippen LogP contribution in [0.2, 0.25) is 0 Å². The van der Waals surface area contributed by atoms with Crippen molar-refractivity contribution in [2.45, 2.75) is 38.1 Å². The predicted octanol–water partition coefficient (Wildman–Crippen LogP) is 1.53. The fourth-order valence-electron chi connectivity index (χ4n) is 3.54. The molecule has 1 heterocycles. The van der Waals surface area contributed by atoms with E-state index in [9.17, 15) is 19.2 Å². The van der Waals surface area contributed by atoms with Gasteiger partial charge in [0.05, 0.1) is 16.7 Å². The van der Waals surface area contributed by atoms with Crippen LogP contribution >= 0.6 is 0 Å². The normalized spacial score (nSPS) is 16.4. The highest BCUT2D eigenvalue weighted by Crippen LogP contribution is 2.24. The van der Waals surface area contributed by atoms with Gasteiger partial charge in [0, 0.05) is 26.3 Å². The van der Waals surface area contributed by atoms with Crippen molar-refractivity contribution in [1.29, 1.82) is 0 Å². The largest absolute Gasteiger partial charge is 0.452 e. The van der Waals surface area contributed by atoms with Crippen molar-refractivity contribution in [3.63, 3.8) is 0 Å². The lowest BCUT2D eigenvalue weighted by atomic mass is 10.1. The van der Waals surface area contributed by atoms with Gasteiger partial charge in [-0.15, -0.1) is 0 Å². The number of amides is 3. The van der Waals surface area contributed by atoms with E-state index in [0.717, 1.165) is 30.6 Å². The van der Waals surface area contributed by atoms with Gasteiger partial charge in [-0.1, -0.05) is 12.8 Å². The van der Waals surface area contributed by atoms with Gasteiger partial charge in [0.25, 0.3) is 17.7 Å². The molecule has 3 amide bonds. The Kier molecular flexibility index (Phi) is 6.41. The molecule has 3 rings (SSSR count). The van der Waals surface area contributed by atoms with Gasteiger partial charge in [0.15, 0.2) is 6.61 Å². The minimum absolute atomic E-state index is 0.132. The van der Waals surface area contributed by atoms with Crippen LogP contribution in [0.4, 0.5) is 0 Å². The summed E-state index contributed by atoms with van der Waals surface area (Å²) in [5.41, 5.74) is 0.567. The molecule has 1 aromatic rings. The lowest BCUT2D eigenvalue weighted by Crippen LogP contribution is -2.35. The highest BCUT2D eigenvalue weighted by molar-refractivity contribution is 6.21. The number of benzene rings is 1. The van der Waals surface area contributed by atoms with Crippen LogP contribution in [-0.2, 0) is 14.3 Å². The molecule has 0 radical (unpaired) electrons. The van der Waals surface area contributed by atoms with E-state index >= 15 is 0 Å². The Bertz CT molecular complexity index is 785. The van der Waals surface area contributed by atoms with E-state index < -0.39 is 11.9 Å². The lowest BCUT2D eigenvalue weighted by molar-refractivity contribution is -0.124. The highest BCUT2D eigenvalue weighted by Gasteiger charge is 2.35. The zero-order valence-electron chi connectivity index (χ0n) is 15.9. The summed E-state index contributed by atoms with van der Waals surface area (Å²) in [6, 6.07) is 4.38. The first-order valence-corrected chi connectivity index (χ1v) is 9.47. The standard InChI is InChI=1S/C20H24N2O6/c1-27-10-4-9-22-18(24)15-8-7-13(11-16(15)19(22)25)20(26)28-12-17(23)21-14-5-2-3-6-14/h7-8,11,14H,2-6,9-10,12H2,1H3,(H,21,23). The molecule has 0 aromatic heterocycles. The summed E-state index contributed by atoms with van der Waals surface area (Å²) >= 11 is 0. The molecule has 8 heteroatoms. The second-order valence-electron chi connectivity index (χ2n) is 6.99. The van der Waals surface area contributed by atoms with E-state index in [2.05, 4.69) is 5.32 Å². The summed E-state index contributed by atoms with van der Waals surface area (Å²) in [5.74, 6) is -1.86. The van der Waals surface area contributed by atoms with Crippen LogP contribution in [0.25, 0.3) is 0 Å². The van der Waals surface area contributed by atoms with Crippen molar-refractivity contribution >= 4 is 23.7 Å². The third-order valence-corrected chi connectivity index (χ3v) is 4.99. The van der Waals surface area contributed by atoms with Gasteiger partial charge in [-0.05, 0) is 37.5 Å². The maximum Gasteiger partial charge on any atom is 0.338 e. The Balaban J connectivity index is 1.59. The monoisotopic (exact) mass is 388 g/mol. The van der Waals surface area contributed by atoms with Gasteiger partial charge in [-0.3, -0.25) is 19.3 Å². The summed E-state index contributed by atoms with van der Waals surface area (Å²) < 4.78 is 10.00. The Labute approximate surface area is 163 Å². The number of nitrogens with zero attached hydrogens (tertiary/aromatic N) is 1. The molecule has 0 saturated heterocycles. The van der Waals surface area contributed by atoms with E-state index in [1.54, 1.807) is 7.11 Å². The summed E-state index contributed by atoms with van der Waals surface area (Å²) in [6.07, 6.45) is 4.61. The van der Waals surface area contributed by atoms with Crippen LogP contribution in [0.1, 0.15) is 63.2 Å². The Morgan fingerprint density at radius 1 is 1.14 bits per heavy atom. The van der Waals surface area contributed by atoms with Crippen molar-refractivity contribution in [3.8, 4) is 0 Å². The number of carbonyl (C=O) groups excluding carboxylic acids is 4. The number of carbonyl (C=O) groups is 4. The number of nitrogens with one attached hydrogen (secondary N) is 1. The van der Waals surface area contributed by atoms with Crippen molar-refractivity contribution in [3.05, 3.63) is 34.9 Å². The number of imide groups is 1. The molecular formula is C20H24N2O6. The number of fused-ring (bicyclic) bond motifs is 1. The quantitative estimate of drug-likeness (QED) is 0.412. The van der Waals surface area contributed by atoms with E-state index in [4.69, 9.17) is 9.47 Å². The summed E-state index contributed by atoms with van der Waals surface area (Å²) in [5, 5.41) is 2.84. The second kappa shape index (κ2) is 8.97. The van der Waals surface area contributed by atoms with Gasteiger partial charge < -0.3 is 14.8 Å². The molecule has 1 saturated carbocycles. The maximum atomic E-state index is 12.5. The number of rotatable bonds is 8. The van der Waals surface area contributed by atoms with E-state index in [1.807, 2.05) is 0 Å². The number of hydrogen-bond donors (Lipinski definition) is 1. The molecule has 0 atom stereocenters. The number of esters is 1. The summed E-state index contributed by atoms with van der Waals surface area (Å²) in [4.78, 5) is 50.1. The van der Waals surface area contributed by atoms with Gasteiger partial charge in [0.1, 0.15) is 0 Å². The number of ether oxygens (including phenoxy) is 2. The topological polar surface area (TPSA) is 102 Å². The summed E-state index contributed by atoms with van der Waals surface area (Å²) in [6.45, 7) is 0.317. The highest BCUT2D eigenvalue weighted by atomic mass is 16.5. The number of hydrogen-bond acceptors (Lipinski definition) is 6. The van der Waals surface area contributed by atoms with Gasteiger partial charge in [-0.25, -0.2) is 4.79 Å². The van der Waals surface area contributed by atoms with Gasteiger partial charge >= 0.3 is 5.97 Å². The zero-order valence-corrected chi connectivity index (χ0v) is 15.9. The fourth-order valence-corrected chi connectivity index (χ4v) is 3.54. The fraction of sp³-hybridized carbons (Fsp3) is 0.500. The molecule has 1 N–H and O–H groups in total. The first-order valence-electron chi connectivity index (χ1n) is 9.47. The molecule has 2 aliphatic rings. The van der Waals surface area contributed by atoms with Crippen LogP contribution < -0.4 is 5.32 Å². The average Bonchev–Trinajstić information content (AvgIpc) is 3.28. The minimum Gasteiger partial charge on any atom is -0.452 e. The van der Waals surface area contributed by atoms with Gasteiger partial charge in [-0.2, -0.15) is 0 Å². The van der Waals surface area contributed by atoms with Crippen molar-refractivity contribution in [2.24, 2.45) is 0 Å². The van der Waals surface area contributed by atoms with E-state index in [1.165, 1.54) is 18.2 Å². The molecular weight excluding hydrogens is 364 g/mol. The molecule has 1 aliphatic carbocycles. The van der Waals surface area contributed by atoms with Crippen molar-refractivity contribution < 1.29 is 28.7 Å². The zero-order chi connectivity index (χ0) is 20.1. The van der Waals surface area contributed by atoms with E-state index in [0.29, 0.717) is 13.0 Å². The third kappa shape index (κ3) is 4.39. The van der Waals surface area contributed by atoms with E-state index in [-0.39, 0.29) is 47.7 Å². The maximum absolute atomic E-state index is 12.5. The predicted molar refractivity (Wildman–Crippen MR) is 99.0 cm³/mol. The Morgan fingerprint density at radius 3 is 2.57 bits per heavy atom. The lowest BCUT2D eigenvalue weighted by Gasteiger charge is -2.12. The molecule has 0 bridgehead atoms. The third-order valence-electron chi connectivity index (χ3n) is 4.99. The van der Waals surface area contributed by atoms with Crippen LogP contribution in [-0.4, -0.2) is 61.5 Å². The molecule has 0 spiro atoms. The Morgan fingerprint density at radius 2 is 1.86 bits per heavy atom. The van der Waals surface area contributed by atoms with Gasteiger partial charge in [0.2, 0.25) is 0 Å². The number of methoxy groups -OCH3 is 1. The van der Waals surface area contributed by atoms with Crippen molar-refractivity contribution in [2.75, 3.05) is 26.9 Å². The smallest absolute Gasteiger partial charge is 0.338 e.